The third-order valence-corrected chi connectivity index (χ3v) is 8.33. The van der Waals surface area contributed by atoms with Gasteiger partial charge >= 0.3 is 0 Å². The van der Waals surface area contributed by atoms with E-state index in [1.54, 1.807) is 23.3 Å². The highest BCUT2D eigenvalue weighted by molar-refractivity contribution is 7.90. The van der Waals surface area contributed by atoms with Crippen LogP contribution >= 0.6 is 0 Å². The van der Waals surface area contributed by atoms with Crippen LogP contribution in [0.5, 0.6) is 0 Å². The molecule has 0 fully saturated rings. The lowest BCUT2D eigenvalue weighted by Gasteiger charge is -2.25. The Hall–Kier alpha value is -3.31. The predicted octanol–water partition coefficient (Wildman–Crippen LogP) is 3.81. The Labute approximate surface area is 248 Å². The summed E-state index contributed by atoms with van der Waals surface area (Å²) in [4.78, 5) is 28.3. The number of fused-ring (bicyclic) bond motifs is 1. The number of anilines is 1. The molecule has 0 spiro atoms. The van der Waals surface area contributed by atoms with Crippen molar-refractivity contribution in [3.8, 4) is 0 Å². The van der Waals surface area contributed by atoms with E-state index in [1.807, 2.05) is 24.3 Å². The number of nitrogens with one attached hydrogen (secondary N) is 2. The number of hydrogen-bond acceptors (Lipinski definition) is 5. The molecule has 7 nitrogen and oxygen atoms in total. The number of benzene rings is 3. The number of rotatable bonds is 13. The van der Waals surface area contributed by atoms with Gasteiger partial charge in [-0.3, -0.25) is 9.59 Å². The number of aliphatic hydroxyl groups is 1. The summed E-state index contributed by atoms with van der Waals surface area (Å²) in [6, 6.07) is 15.7. The molecule has 0 saturated heterocycles. The first kappa shape index (κ1) is 31.6. The van der Waals surface area contributed by atoms with Gasteiger partial charge in [0.2, 0.25) is 11.8 Å². The van der Waals surface area contributed by atoms with E-state index in [1.165, 1.54) is 17.7 Å². The maximum Gasteiger partial charge on any atom is 0.227 e. The molecule has 0 aromatic heterocycles. The molecule has 4 rings (SSSR count). The minimum Gasteiger partial charge on any atom is -0.612 e. The maximum atomic E-state index is 13.9. The van der Waals surface area contributed by atoms with Crippen LogP contribution < -0.4 is 15.5 Å². The third-order valence-electron chi connectivity index (χ3n) is 7.42. The van der Waals surface area contributed by atoms with Crippen molar-refractivity contribution in [3.05, 3.63) is 94.6 Å². The molecule has 3 N–H and O–H groups in total. The minimum absolute atomic E-state index is 0.00314. The molecule has 42 heavy (non-hydrogen) atoms. The fourth-order valence-corrected chi connectivity index (χ4v) is 5.75. The topological polar surface area (TPSA) is 105 Å². The minimum atomic E-state index is -1.12. The molecule has 224 valence electrons. The van der Waals surface area contributed by atoms with E-state index >= 15 is 0 Å². The monoisotopic (exact) mass is 597 g/mol. The number of hydrogen-bond donors (Lipinski definition) is 3. The molecule has 0 bridgehead atoms. The lowest BCUT2D eigenvalue weighted by Crippen LogP contribution is -2.48. The molecule has 2 amide bonds. The molecule has 3 aromatic carbocycles. The van der Waals surface area contributed by atoms with E-state index in [2.05, 4.69) is 23.6 Å². The highest BCUT2D eigenvalue weighted by Gasteiger charge is 2.27. The van der Waals surface area contributed by atoms with Gasteiger partial charge < -0.3 is 25.2 Å². The van der Waals surface area contributed by atoms with Gasteiger partial charge in [0, 0.05) is 44.2 Å². The van der Waals surface area contributed by atoms with Gasteiger partial charge in [0.05, 0.1) is 12.1 Å². The van der Waals surface area contributed by atoms with Crippen molar-refractivity contribution >= 4 is 28.7 Å². The van der Waals surface area contributed by atoms with Crippen LogP contribution in [0.1, 0.15) is 42.0 Å². The van der Waals surface area contributed by atoms with Crippen molar-refractivity contribution in [2.24, 2.45) is 0 Å². The number of halogens is 2. The van der Waals surface area contributed by atoms with Crippen LogP contribution in [0.15, 0.2) is 65.6 Å². The molecule has 0 aliphatic carbocycles. The zero-order valence-corrected chi connectivity index (χ0v) is 24.7. The van der Waals surface area contributed by atoms with Crippen molar-refractivity contribution in [3.63, 3.8) is 0 Å². The van der Waals surface area contributed by atoms with Crippen LogP contribution in [0.2, 0.25) is 0 Å². The SMILES string of the molecule is CCc1cccc(CNC[C@@H](O)[C@H](Cc2cc(F)cc(F)c2)NC(=O)CCC(=O)N2CCc3cc([S+](C)[O-])ccc32)c1. The van der Waals surface area contributed by atoms with E-state index in [0.717, 1.165) is 29.3 Å². The van der Waals surface area contributed by atoms with Crippen molar-refractivity contribution < 1.29 is 28.0 Å². The first-order valence-electron chi connectivity index (χ1n) is 14.1. The van der Waals surface area contributed by atoms with Crippen LogP contribution in [-0.2, 0) is 46.6 Å². The Morgan fingerprint density at radius 1 is 1.02 bits per heavy atom. The fourth-order valence-electron chi connectivity index (χ4n) is 5.18. The summed E-state index contributed by atoms with van der Waals surface area (Å²) in [6.45, 7) is 3.19. The molecular formula is C32H37F2N3O4S. The zero-order valence-electron chi connectivity index (χ0n) is 23.9. The number of aliphatic hydroxyl groups excluding tert-OH is 1. The van der Waals surface area contributed by atoms with Crippen LogP contribution in [-0.4, -0.2) is 53.0 Å². The van der Waals surface area contributed by atoms with E-state index in [-0.39, 0.29) is 31.7 Å². The summed E-state index contributed by atoms with van der Waals surface area (Å²) in [7, 11) is 0. The summed E-state index contributed by atoms with van der Waals surface area (Å²) in [6.07, 6.45) is 1.94. The Balaban J connectivity index is 1.36. The molecule has 3 atom stereocenters. The lowest BCUT2D eigenvalue weighted by molar-refractivity contribution is -0.126. The average Bonchev–Trinajstić information content (AvgIpc) is 3.38. The van der Waals surface area contributed by atoms with Gasteiger partial charge in [-0.25, -0.2) is 8.78 Å². The van der Waals surface area contributed by atoms with Gasteiger partial charge in [-0.1, -0.05) is 31.2 Å². The van der Waals surface area contributed by atoms with Crippen LogP contribution in [0.4, 0.5) is 14.5 Å². The highest BCUT2D eigenvalue weighted by Crippen LogP contribution is 2.30. The zero-order chi connectivity index (χ0) is 30.2. The second-order valence-corrected chi connectivity index (χ2v) is 11.9. The fraction of sp³-hybridized carbons (Fsp3) is 0.375. The van der Waals surface area contributed by atoms with E-state index in [4.69, 9.17) is 0 Å². The van der Waals surface area contributed by atoms with Crippen molar-refractivity contribution in [1.82, 2.24) is 10.6 Å². The first-order chi connectivity index (χ1) is 20.1. The van der Waals surface area contributed by atoms with E-state index in [9.17, 15) is 28.0 Å². The molecule has 3 aromatic rings. The van der Waals surface area contributed by atoms with Gasteiger partial charge in [0.25, 0.3) is 0 Å². The molecule has 0 radical (unpaired) electrons. The summed E-state index contributed by atoms with van der Waals surface area (Å²) in [5.74, 6) is -2.15. The molecule has 1 aliphatic heterocycles. The molecule has 1 heterocycles. The van der Waals surface area contributed by atoms with Crippen molar-refractivity contribution in [1.29, 1.82) is 0 Å². The molecule has 0 saturated carbocycles. The largest absolute Gasteiger partial charge is 0.612 e. The standard InChI is InChI=1S/C32H37F2N3O4S/c1-3-21-5-4-6-22(13-21)19-35-20-30(38)28(16-23-14-25(33)18-26(34)15-23)36-31(39)9-10-32(40)37-12-11-24-17-27(42(2)41)7-8-29(24)37/h4-8,13-15,17-18,28,30,35,38H,3,9-12,16,19-20H2,1-2H3,(H,36,39)/t28-,30+,42?/m0/s1. The Morgan fingerprint density at radius 2 is 1.76 bits per heavy atom. The Morgan fingerprint density at radius 3 is 2.48 bits per heavy atom. The molecule has 1 unspecified atom stereocenters. The smallest absolute Gasteiger partial charge is 0.227 e. The maximum absolute atomic E-state index is 13.9. The summed E-state index contributed by atoms with van der Waals surface area (Å²) >= 11 is -1.12. The van der Waals surface area contributed by atoms with Crippen molar-refractivity contribution in [2.45, 2.75) is 62.6 Å². The van der Waals surface area contributed by atoms with Gasteiger partial charge in [0.1, 0.15) is 17.9 Å². The molecular weight excluding hydrogens is 560 g/mol. The van der Waals surface area contributed by atoms with Crippen molar-refractivity contribution in [2.75, 3.05) is 24.2 Å². The lowest BCUT2D eigenvalue weighted by atomic mass is 10.00. The Bertz CT molecular complexity index is 1380. The van der Waals surface area contributed by atoms with Gasteiger partial charge in [-0.2, -0.15) is 0 Å². The second kappa shape index (κ2) is 14.7. The van der Waals surface area contributed by atoms with Gasteiger partial charge in [-0.15, -0.1) is 0 Å². The highest BCUT2D eigenvalue weighted by atomic mass is 32.2. The van der Waals surface area contributed by atoms with Crippen LogP contribution in [0.25, 0.3) is 0 Å². The number of carbonyl (C=O) groups excluding carboxylic acids is 2. The second-order valence-electron chi connectivity index (χ2n) is 10.6. The number of nitrogens with zero attached hydrogens (tertiary/aromatic N) is 1. The average molecular weight is 598 g/mol. The Kier molecular flexibility index (Phi) is 11.1. The predicted molar refractivity (Wildman–Crippen MR) is 160 cm³/mol. The normalized spacial score (nSPS) is 14.8. The first-order valence-corrected chi connectivity index (χ1v) is 15.7. The summed E-state index contributed by atoms with van der Waals surface area (Å²) in [5, 5.41) is 17.0. The number of carbonyl (C=O) groups is 2. The van der Waals surface area contributed by atoms with Crippen LogP contribution in [0, 0.1) is 11.6 Å². The quantitative estimate of drug-likeness (QED) is 0.260. The summed E-state index contributed by atoms with van der Waals surface area (Å²) < 4.78 is 39.5. The summed E-state index contributed by atoms with van der Waals surface area (Å²) in [5.41, 5.74) is 4.24. The number of amides is 2. The number of aryl methyl sites for hydroxylation is 1. The molecule has 10 heteroatoms. The van der Waals surface area contributed by atoms with Crippen LogP contribution in [0.3, 0.4) is 0 Å². The van der Waals surface area contributed by atoms with E-state index < -0.39 is 40.9 Å². The van der Waals surface area contributed by atoms with E-state index in [0.29, 0.717) is 30.0 Å². The third kappa shape index (κ3) is 8.61. The van der Waals surface area contributed by atoms with Gasteiger partial charge in [0.15, 0.2) is 4.90 Å². The van der Waals surface area contributed by atoms with Gasteiger partial charge in [-0.05, 0) is 83.0 Å². The molecule has 1 aliphatic rings.